The molecular weight excluding hydrogens is 483 g/mol. The van der Waals surface area contributed by atoms with Gasteiger partial charge in [-0.15, -0.1) is 0 Å². The number of carboxylic acid groups (broad SMARTS) is 2. The van der Waals surface area contributed by atoms with E-state index in [2.05, 4.69) is 8.37 Å². The Morgan fingerprint density at radius 3 is 1.21 bits per heavy atom. The monoisotopic (exact) mass is 493 g/mol. The molecule has 0 unspecified atom stereocenters. The average Bonchev–Trinajstić information content (AvgIpc) is 2.53. The van der Waals surface area contributed by atoms with Gasteiger partial charge in [-0.2, -0.15) is 16.8 Å². The van der Waals surface area contributed by atoms with Crippen molar-refractivity contribution in [3.8, 4) is 11.5 Å². The van der Waals surface area contributed by atoms with Crippen LogP contribution in [-0.2, 0) is 37.6 Å². The van der Waals surface area contributed by atoms with E-state index in [-0.39, 0.29) is 16.8 Å². The fourth-order valence-electron chi connectivity index (χ4n) is 1.64. The summed E-state index contributed by atoms with van der Waals surface area (Å²) in [6.07, 6.45) is 0. The zero-order chi connectivity index (χ0) is 21.5. The predicted molar refractivity (Wildman–Crippen MR) is 85.9 cm³/mol. The van der Waals surface area contributed by atoms with Crippen molar-refractivity contribution < 1.29 is 70.9 Å². The smallest absolute Gasteiger partial charge is 0.545 e. The quantitative estimate of drug-likeness (QED) is 0.439. The molecule has 0 fully saturated rings. The third kappa shape index (κ3) is 9.88. The Hall–Kier alpha value is -2.69. The van der Waals surface area contributed by atoms with Crippen LogP contribution in [0.3, 0.4) is 0 Å². The maximum absolute atomic E-state index is 10.4. The SMILES string of the molecule is O=C([O-])c1ccccc1OS(=O)(=O)O.O=C([O-])c1ccccc1OS(=O)(=O)O.[Co+2]. The fraction of sp³-hybridized carbons (Fsp3) is 0. The number of para-hydroxylation sites is 2. The summed E-state index contributed by atoms with van der Waals surface area (Å²) >= 11 is 0. The Bertz CT molecular complexity index is 992. The van der Waals surface area contributed by atoms with Gasteiger partial charge in [0, 0.05) is 11.1 Å². The van der Waals surface area contributed by atoms with Gasteiger partial charge in [-0.25, -0.2) is 0 Å². The summed E-state index contributed by atoms with van der Waals surface area (Å²) < 4.78 is 65.8. The predicted octanol–water partition coefficient (Wildman–Crippen LogP) is -1.54. The summed E-state index contributed by atoms with van der Waals surface area (Å²) in [7, 11) is -9.45. The second kappa shape index (κ2) is 10.7. The van der Waals surface area contributed by atoms with E-state index >= 15 is 0 Å². The van der Waals surface area contributed by atoms with E-state index in [1.54, 1.807) is 0 Å². The first-order valence-corrected chi connectivity index (χ1v) is 9.47. The topological polar surface area (TPSA) is 207 Å². The third-order valence-corrected chi connectivity index (χ3v) is 3.38. The van der Waals surface area contributed by atoms with E-state index in [4.69, 9.17) is 9.11 Å². The van der Waals surface area contributed by atoms with E-state index in [9.17, 15) is 36.6 Å². The number of carbonyl (C=O) groups excluding carboxylic acids is 2. The number of benzene rings is 2. The molecule has 0 aliphatic rings. The van der Waals surface area contributed by atoms with Gasteiger partial charge in [-0.3, -0.25) is 9.11 Å². The van der Waals surface area contributed by atoms with Gasteiger partial charge >= 0.3 is 37.6 Å². The molecule has 0 spiro atoms. The Morgan fingerprint density at radius 1 is 0.690 bits per heavy atom. The molecule has 0 atom stereocenters. The Kier molecular flexibility index (Phi) is 9.74. The molecule has 0 aliphatic carbocycles. The normalized spacial score (nSPS) is 10.6. The maximum atomic E-state index is 10.4. The van der Waals surface area contributed by atoms with Crippen LogP contribution in [0, 0.1) is 0 Å². The van der Waals surface area contributed by atoms with Gasteiger partial charge in [0.05, 0.1) is 11.9 Å². The molecular formula is C14H10CoO12S2. The van der Waals surface area contributed by atoms with Crippen molar-refractivity contribution in [3.63, 3.8) is 0 Å². The van der Waals surface area contributed by atoms with Crippen LogP contribution in [0.5, 0.6) is 11.5 Å². The zero-order valence-electron chi connectivity index (χ0n) is 13.7. The summed E-state index contributed by atoms with van der Waals surface area (Å²) in [6, 6.07) is 9.79. The van der Waals surface area contributed by atoms with Gasteiger partial charge < -0.3 is 28.2 Å². The number of hydrogen-bond acceptors (Lipinski definition) is 10. The number of rotatable bonds is 6. The molecule has 1 radical (unpaired) electrons. The minimum absolute atomic E-state index is 0. The molecule has 0 aromatic heterocycles. The van der Waals surface area contributed by atoms with Crippen molar-refractivity contribution >= 4 is 32.7 Å². The molecule has 0 aliphatic heterocycles. The van der Waals surface area contributed by atoms with E-state index < -0.39 is 55.4 Å². The minimum Gasteiger partial charge on any atom is -0.545 e. The van der Waals surface area contributed by atoms with Crippen LogP contribution in [-0.4, -0.2) is 37.9 Å². The van der Waals surface area contributed by atoms with E-state index in [1.165, 1.54) is 24.3 Å². The second-order valence-electron chi connectivity index (χ2n) is 4.59. The van der Waals surface area contributed by atoms with Crippen LogP contribution >= 0.6 is 0 Å². The Balaban J connectivity index is 0.000000523. The number of hydrogen-bond donors (Lipinski definition) is 2. The summed E-state index contributed by atoms with van der Waals surface area (Å²) in [5.74, 6) is -4.17. The maximum Gasteiger partial charge on any atom is 2.00 e. The van der Waals surface area contributed by atoms with Crippen LogP contribution in [0.15, 0.2) is 48.5 Å². The molecule has 29 heavy (non-hydrogen) atoms. The molecule has 0 amide bonds. The molecule has 2 aromatic rings. The van der Waals surface area contributed by atoms with Gasteiger partial charge in [0.2, 0.25) is 0 Å². The second-order valence-corrected chi connectivity index (χ2v) is 6.63. The van der Waals surface area contributed by atoms with Crippen molar-refractivity contribution in [2.45, 2.75) is 0 Å². The van der Waals surface area contributed by atoms with Crippen LogP contribution in [0.25, 0.3) is 0 Å². The first-order valence-electron chi connectivity index (χ1n) is 6.74. The van der Waals surface area contributed by atoms with Crippen LogP contribution in [0.1, 0.15) is 20.7 Å². The molecule has 12 nitrogen and oxygen atoms in total. The molecule has 0 bridgehead atoms. The van der Waals surface area contributed by atoms with Crippen molar-refractivity contribution in [1.82, 2.24) is 0 Å². The van der Waals surface area contributed by atoms with Crippen LogP contribution in [0.2, 0.25) is 0 Å². The Labute approximate surface area is 174 Å². The largest absolute Gasteiger partial charge is 2.00 e. The first kappa shape index (κ1) is 26.3. The minimum atomic E-state index is -4.72. The Morgan fingerprint density at radius 2 is 0.966 bits per heavy atom. The van der Waals surface area contributed by atoms with Gasteiger partial charge in [0.15, 0.2) is 11.5 Å². The van der Waals surface area contributed by atoms with E-state index in [1.807, 2.05) is 0 Å². The van der Waals surface area contributed by atoms with Gasteiger partial charge in [-0.05, 0) is 24.3 Å². The first-order chi connectivity index (χ1) is 12.8. The van der Waals surface area contributed by atoms with Crippen molar-refractivity contribution in [2.75, 3.05) is 0 Å². The third-order valence-electron chi connectivity index (χ3n) is 2.60. The van der Waals surface area contributed by atoms with Gasteiger partial charge in [0.1, 0.15) is 0 Å². The van der Waals surface area contributed by atoms with Crippen molar-refractivity contribution in [2.24, 2.45) is 0 Å². The van der Waals surface area contributed by atoms with Crippen molar-refractivity contribution in [3.05, 3.63) is 59.7 Å². The summed E-state index contributed by atoms with van der Waals surface area (Å²) in [6.45, 7) is 0. The molecule has 0 saturated carbocycles. The molecule has 2 N–H and O–H groups in total. The fourth-order valence-corrected chi connectivity index (χ4v) is 2.39. The van der Waals surface area contributed by atoms with Crippen LogP contribution in [0.4, 0.5) is 0 Å². The van der Waals surface area contributed by atoms with Gasteiger partial charge in [0.25, 0.3) is 0 Å². The molecule has 159 valence electrons. The van der Waals surface area contributed by atoms with Crippen molar-refractivity contribution in [1.29, 1.82) is 0 Å². The zero-order valence-corrected chi connectivity index (χ0v) is 16.4. The summed E-state index contributed by atoms with van der Waals surface area (Å²) in [4.78, 5) is 20.9. The average molecular weight is 493 g/mol. The summed E-state index contributed by atoms with van der Waals surface area (Å²) in [5.41, 5.74) is -0.907. The van der Waals surface area contributed by atoms with E-state index in [0.29, 0.717) is 0 Å². The standard InChI is InChI=1S/2C7H6O6S.Co/c2*8-7(9)5-3-1-2-4-6(5)13-14(10,11)12;/h2*1-4H,(H,8,9)(H,10,11,12);/q;;+2/p-2. The molecule has 15 heteroatoms. The molecule has 0 saturated heterocycles. The number of carbonyl (C=O) groups is 2. The number of aromatic carboxylic acids is 2. The van der Waals surface area contributed by atoms with Gasteiger partial charge in [-0.1, -0.05) is 24.3 Å². The molecule has 2 rings (SSSR count). The molecule has 2 aromatic carbocycles. The summed E-state index contributed by atoms with van der Waals surface area (Å²) in [5, 5.41) is 20.9. The molecule has 0 heterocycles. The number of carboxylic acids is 2. The van der Waals surface area contributed by atoms with E-state index in [0.717, 1.165) is 24.3 Å². The van der Waals surface area contributed by atoms with Crippen LogP contribution < -0.4 is 18.6 Å².